The number of nitro benzene ring substituents is 1. The Balaban J connectivity index is 1.84. The lowest BCUT2D eigenvalue weighted by Crippen LogP contribution is -2.26. The summed E-state index contributed by atoms with van der Waals surface area (Å²) in [6.07, 6.45) is 0. The van der Waals surface area contributed by atoms with E-state index in [0.717, 1.165) is 32.2 Å². The number of ether oxygens (including phenoxy) is 1. The predicted octanol–water partition coefficient (Wildman–Crippen LogP) is 2.19. The normalized spacial score (nSPS) is 26.0. The van der Waals surface area contributed by atoms with E-state index in [9.17, 15) is 18.9 Å². The Morgan fingerprint density at radius 3 is 2.55 bits per heavy atom. The van der Waals surface area contributed by atoms with Gasteiger partial charge in [-0.1, -0.05) is 0 Å². The molecule has 2 fully saturated rings. The summed E-state index contributed by atoms with van der Waals surface area (Å²) in [6.45, 7) is -0.675. The molecule has 2 aliphatic rings. The topological polar surface area (TPSA) is 58.8 Å². The number of alkyl halides is 2. The summed E-state index contributed by atoms with van der Waals surface area (Å²) in [5.74, 6) is 0.441. The fourth-order valence-electron chi connectivity index (χ4n) is 3.45. The summed E-state index contributed by atoms with van der Waals surface area (Å²) in [5.41, 5.74) is 0.0340. The SMILES string of the molecule is [2H]C(F)(F)Oc1cc(N2C[C@H]3CN(C)C[C@H]3C2)ccc1[N+](=O)[O-]. The summed E-state index contributed by atoms with van der Waals surface area (Å²) in [6, 6.07) is 3.92. The Morgan fingerprint density at radius 1 is 1.36 bits per heavy atom. The number of rotatable bonds is 4. The van der Waals surface area contributed by atoms with Gasteiger partial charge in [-0.2, -0.15) is 8.78 Å². The van der Waals surface area contributed by atoms with E-state index in [1.54, 1.807) is 0 Å². The third-order valence-electron chi connectivity index (χ3n) is 4.36. The molecule has 2 saturated heterocycles. The van der Waals surface area contributed by atoms with E-state index in [-0.39, 0.29) is 0 Å². The molecule has 0 amide bonds. The molecule has 1 aromatic carbocycles. The van der Waals surface area contributed by atoms with Crippen molar-refractivity contribution in [3.63, 3.8) is 0 Å². The zero-order valence-electron chi connectivity index (χ0n) is 13.0. The fourth-order valence-corrected chi connectivity index (χ4v) is 3.45. The molecule has 120 valence electrons. The molecule has 6 nitrogen and oxygen atoms in total. The highest BCUT2D eigenvalue weighted by atomic mass is 19.3. The van der Waals surface area contributed by atoms with Gasteiger partial charge in [0.15, 0.2) is 1.37 Å². The second-order valence-electron chi connectivity index (χ2n) is 5.88. The first-order chi connectivity index (χ1) is 10.7. The molecule has 3 rings (SSSR count). The lowest BCUT2D eigenvalue weighted by molar-refractivity contribution is -0.386. The van der Waals surface area contributed by atoms with E-state index in [1.807, 2.05) is 4.90 Å². The summed E-state index contributed by atoms with van der Waals surface area (Å²) >= 11 is 0. The molecule has 0 aliphatic carbocycles. The number of benzene rings is 1. The Morgan fingerprint density at radius 2 is 2.00 bits per heavy atom. The van der Waals surface area contributed by atoms with Gasteiger partial charge in [-0.05, 0) is 24.9 Å². The summed E-state index contributed by atoms with van der Waals surface area (Å²) < 4.78 is 36.3. The van der Waals surface area contributed by atoms with Crippen molar-refractivity contribution in [3.05, 3.63) is 28.3 Å². The summed E-state index contributed by atoms with van der Waals surface area (Å²) in [7, 11) is 2.07. The largest absolute Gasteiger partial charge is 0.427 e. The maximum absolute atomic E-state index is 12.8. The molecule has 0 spiro atoms. The molecule has 0 saturated carbocycles. The van der Waals surface area contributed by atoms with Crippen molar-refractivity contribution < 1.29 is 19.8 Å². The molecule has 2 aliphatic heterocycles. The molecule has 0 aromatic heterocycles. The maximum atomic E-state index is 12.8. The molecule has 0 unspecified atom stereocenters. The Kier molecular flexibility index (Phi) is 3.53. The molecule has 0 radical (unpaired) electrons. The van der Waals surface area contributed by atoms with Crippen LogP contribution in [-0.4, -0.2) is 49.6 Å². The van der Waals surface area contributed by atoms with Crippen LogP contribution in [0, 0.1) is 22.0 Å². The molecule has 22 heavy (non-hydrogen) atoms. The van der Waals surface area contributed by atoms with Gasteiger partial charge in [0, 0.05) is 44.0 Å². The number of hydrogen-bond donors (Lipinski definition) is 0. The fraction of sp³-hybridized carbons (Fsp3) is 0.571. The highest BCUT2D eigenvalue weighted by molar-refractivity contribution is 5.60. The second kappa shape index (κ2) is 5.68. The van der Waals surface area contributed by atoms with Crippen molar-refractivity contribution in [1.29, 1.82) is 0 Å². The van der Waals surface area contributed by atoms with Gasteiger partial charge in [0.1, 0.15) is 0 Å². The van der Waals surface area contributed by atoms with Gasteiger partial charge in [-0.15, -0.1) is 0 Å². The van der Waals surface area contributed by atoms with Gasteiger partial charge in [-0.3, -0.25) is 10.1 Å². The summed E-state index contributed by atoms with van der Waals surface area (Å²) in [4.78, 5) is 14.4. The minimum atomic E-state index is -4.21. The smallest absolute Gasteiger partial charge is 0.387 e. The lowest BCUT2D eigenvalue weighted by Gasteiger charge is -2.21. The van der Waals surface area contributed by atoms with Crippen molar-refractivity contribution in [1.82, 2.24) is 4.90 Å². The van der Waals surface area contributed by atoms with E-state index in [1.165, 1.54) is 12.1 Å². The van der Waals surface area contributed by atoms with Gasteiger partial charge in [0.2, 0.25) is 5.75 Å². The third kappa shape index (κ3) is 2.83. The Bertz CT molecular complexity index is 612. The monoisotopic (exact) mass is 314 g/mol. The zero-order chi connectivity index (χ0) is 16.8. The Labute approximate surface area is 127 Å². The quantitative estimate of drug-likeness (QED) is 0.630. The average molecular weight is 314 g/mol. The van der Waals surface area contributed by atoms with Crippen molar-refractivity contribution in [3.8, 4) is 5.75 Å². The minimum Gasteiger partial charge on any atom is -0.427 e. The molecule has 2 atom stereocenters. The van der Waals surface area contributed by atoms with E-state index < -0.39 is 22.9 Å². The zero-order valence-corrected chi connectivity index (χ0v) is 12.0. The second-order valence-corrected chi connectivity index (χ2v) is 5.88. The standard InChI is InChI=1S/C14H17F2N3O3/c1-17-5-9-7-18(8-10(9)6-17)11-2-3-12(19(20)21)13(4-11)22-14(15)16/h2-4,9-10,14H,5-8H2,1H3/t9-,10+/i14D. The maximum Gasteiger partial charge on any atom is 0.387 e. The van der Waals surface area contributed by atoms with Crippen molar-refractivity contribution >= 4 is 11.4 Å². The van der Waals surface area contributed by atoms with Crippen LogP contribution >= 0.6 is 0 Å². The molecule has 2 heterocycles. The molecular weight excluding hydrogens is 296 g/mol. The van der Waals surface area contributed by atoms with Crippen LogP contribution in [0.2, 0.25) is 0 Å². The number of anilines is 1. The van der Waals surface area contributed by atoms with Crippen molar-refractivity contribution in [2.24, 2.45) is 11.8 Å². The van der Waals surface area contributed by atoms with Crippen LogP contribution in [0.15, 0.2) is 18.2 Å². The van der Waals surface area contributed by atoms with Crippen molar-refractivity contribution in [2.75, 3.05) is 38.1 Å². The lowest BCUT2D eigenvalue weighted by atomic mass is 10.0. The first kappa shape index (κ1) is 13.7. The predicted molar refractivity (Wildman–Crippen MR) is 76.4 cm³/mol. The van der Waals surface area contributed by atoms with Gasteiger partial charge >= 0.3 is 12.3 Å². The number of likely N-dealkylation sites (tertiary alicyclic amines) is 1. The van der Waals surface area contributed by atoms with Crippen LogP contribution in [0.3, 0.4) is 0 Å². The van der Waals surface area contributed by atoms with Crippen LogP contribution in [0.4, 0.5) is 20.2 Å². The third-order valence-corrected chi connectivity index (χ3v) is 4.36. The van der Waals surface area contributed by atoms with Crippen LogP contribution in [0.1, 0.15) is 1.37 Å². The molecular formula is C14H17F2N3O3. The molecule has 0 bridgehead atoms. The minimum absolute atomic E-state index is 0.511. The van der Waals surface area contributed by atoms with Crippen LogP contribution in [0.5, 0.6) is 5.75 Å². The first-order valence-corrected chi connectivity index (χ1v) is 7.02. The molecule has 1 aromatic rings. The first-order valence-electron chi connectivity index (χ1n) is 7.52. The number of fused-ring (bicyclic) bond motifs is 1. The van der Waals surface area contributed by atoms with Crippen LogP contribution in [-0.2, 0) is 0 Å². The number of nitrogens with zero attached hydrogens (tertiary/aromatic N) is 3. The van der Waals surface area contributed by atoms with Crippen LogP contribution < -0.4 is 9.64 Å². The van der Waals surface area contributed by atoms with E-state index in [0.29, 0.717) is 17.5 Å². The highest BCUT2D eigenvalue weighted by Crippen LogP contribution is 2.37. The highest BCUT2D eigenvalue weighted by Gasteiger charge is 2.39. The number of nitro groups is 1. The average Bonchev–Trinajstić information content (AvgIpc) is 2.93. The molecule has 0 N–H and O–H groups in total. The van der Waals surface area contributed by atoms with E-state index >= 15 is 0 Å². The van der Waals surface area contributed by atoms with Gasteiger partial charge in [0.25, 0.3) is 0 Å². The number of hydrogen-bond acceptors (Lipinski definition) is 5. The number of halogens is 2. The van der Waals surface area contributed by atoms with Gasteiger partial charge in [-0.25, -0.2) is 0 Å². The molecule has 8 heteroatoms. The van der Waals surface area contributed by atoms with E-state index in [2.05, 4.69) is 16.7 Å². The van der Waals surface area contributed by atoms with Gasteiger partial charge < -0.3 is 14.5 Å². The summed E-state index contributed by atoms with van der Waals surface area (Å²) in [5, 5.41) is 10.9. The van der Waals surface area contributed by atoms with Crippen molar-refractivity contribution in [2.45, 2.75) is 6.59 Å². The van der Waals surface area contributed by atoms with Crippen LogP contribution in [0.25, 0.3) is 0 Å². The van der Waals surface area contributed by atoms with Gasteiger partial charge in [0.05, 0.1) is 4.92 Å². The van der Waals surface area contributed by atoms with E-state index in [4.69, 9.17) is 1.37 Å². The Hall–Kier alpha value is -1.96.